The summed E-state index contributed by atoms with van der Waals surface area (Å²) in [5.41, 5.74) is 21.9. The molecule has 4 fully saturated rings. The molecule has 14 nitrogen and oxygen atoms in total. The van der Waals surface area contributed by atoms with E-state index in [1.54, 1.807) is 0 Å². The number of hydrogen-bond acceptors (Lipinski definition) is 10. The van der Waals surface area contributed by atoms with Gasteiger partial charge in [-0.2, -0.15) is 0 Å². The van der Waals surface area contributed by atoms with Crippen LogP contribution in [0.3, 0.4) is 0 Å². The van der Waals surface area contributed by atoms with Crippen LogP contribution in [-0.2, 0) is 51.1 Å². The van der Waals surface area contributed by atoms with E-state index in [1.807, 2.05) is 91.0 Å². The highest BCUT2D eigenvalue weighted by Crippen LogP contribution is 2.40. The van der Waals surface area contributed by atoms with Gasteiger partial charge in [0.1, 0.15) is 48.7 Å². The van der Waals surface area contributed by atoms with Crippen molar-refractivity contribution in [2.24, 2.45) is 10.2 Å². The zero-order valence-electron chi connectivity index (χ0n) is 25.3. The molecule has 4 heterocycles. The van der Waals surface area contributed by atoms with Gasteiger partial charge in [0.15, 0.2) is 18.9 Å². The molecule has 4 aliphatic heterocycles. The monoisotopic (exact) mass is 642 g/mol. The second-order valence-electron chi connectivity index (χ2n) is 11.6. The van der Waals surface area contributed by atoms with Crippen molar-refractivity contribution in [1.82, 2.24) is 0 Å². The lowest BCUT2D eigenvalue weighted by Gasteiger charge is -2.49. The van der Waals surface area contributed by atoms with Gasteiger partial charge < -0.3 is 37.9 Å². The van der Waals surface area contributed by atoms with Crippen LogP contribution in [0.2, 0.25) is 0 Å². The van der Waals surface area contributed by atoms with Gasteiger partial charge in [0, 0.05) is 15.4 Å². The van der Waals surface area contributed by atoms with Crippen LogP contribution >= 0.6 is 0 Å². The molecule has 0 aliphatic carbocycles. The van der Waals surface area contributed by atoms with Gasteiger partial charge in [-0.15, -0.1) is 0 Å². The minimum atomic E-state index is -1.12. The molecule has 0 N–H and O–H groups in total. The Hall–Kier alpha value is -4.04. The van der Waals surface area contributed by atoms with Gasteiger partial charge in [-0.1, -0.05) is 101 Å². The minimum absolute atomic E-state index is 0.170. The maximum atomic E-state index is 9.75. The van der Waals surface area contributed by atoms with E-state index >= 15 is 0 Å². The molecule has 47 heavy (non-hydrogen) atoms. The van der Waals surface area contributed by atoms with Crippen molar-refractivity contribution in [2.75, 3.05) is 13.2 Å². The second kappa shape index (κ2) is 14.8. The van der Waals surface area contributed by atoms with Crippen molar-refractivity contribution >= 4 is 0 Å². The van der Waals surface area contributed by atoms with Crippen LogP contribution in [0.15, 0.2) is 101 Å². The van der Waals surface area contributed by atoms with Crippen molar-refractivity contribution in [2.45, 2.75) is 80.8 Å². The maximum Gasteiger partial charge on any atom is 0.184 e. The smallest absolute Gasteiger partial charge is 0.184 e. The fourth-order valence-electron chi connectivity index (χ4n) is 6.40. The number of fused-ring (bicyclic) bond motifs is 3. The Labute approximate surface area is 270 Å². The number of nitrogens with zero attached hydrogens (tertiary/aromatic N) is 6. The molecular formula is C33H34N6O8. The molecule has 0 aromatic heterocycles. The average molecular weight is 643 g/mol. The molecule has 2 bridgehead atoms. The quantitative estimate of drug-likeness (QED) is 0.150. The van der Waals surface area contributed by atoms with Crippen LogP contribution < -0.4 is 0 Å². The summed E-state index contributed by atoms with van der Waals surface area (Å²) >= 11 is 0. The highest BCUT2D eigenvalue weighted by atomic mass is 16.8. The van der Waals surface area contributed by atoms with E-state index < -0.39 is 67.6 Å². The van der Waals surface area contributed by atoms with E-state index in [9.17, 15) is 11.1 Å². The first-order valence-electron chi connectivity index (χ1n) is 15.5. The number of azide groups is 2. The molecule has 0 spiro atoms. The van der Waals surface area contributed by atoms with Gasteiger partial charge in [0.25, 0.3) is 0 Å². The Kier molecular flexibility index (Phi) is 9.94. The Morgan fingerprint density at radius 3 is 1.89 bits per heavy atom. The number of hydrogen-bond donors (Lipinski definition) is 0. The lowest BCUT2D eigenvalue weighted by Crippen LogP contribution is -2.64. The van der Waals surface area contributed by atoms with Crippen molar-refractivity contribution < 1.29 is 37.9 Å². The summed E-state index contributed by atoms with van der Waals surface area (Å²) in [5.74, 6) is 0. The largest absolute Gasteiger partial charge is 0.370 e. The Bertz CT molecular complexity index is 1560. The predicted octanol–water partition coefficient (Wildman–Crippen LogP) is 5.49. The summed E-state index contributed by atoms with van der Waals surface area (Å²) < 4.78 is 50.5. The van der Waals surface area contributed by atoms with E-state index in [-0.39, 0.29) is 26.4 Å². The molecule has 0 unspecified atom stereocenters. The number of ether oxygens (including phenoxy) is 8. The van der Waals surface area contributed by atoms with Crippen LogP contribution in [0.1, 0.15) is 23.0 Å². The Balaban J connectivity index is 1.18. The lowest BCUT2D eigenvalue weighted by molar-refractivity contribution is -0.360. The first kappa shape index (κ1) is 31.6. The van der Waals surface area contributed by atoms with Crippen LogP contribution in [0.4, 0.5) is 0 Å². The van der Waals surface area contributed by atoms with E-state index in [4.69, 9.17) is 37.9 Å². The molecule has 0 amide bonds. The first-order chi connectivity index (χ1) is 23.2. The van der Waals surface area contributed by atoms with Crippen LogP contribution in [0.5, 0.6) is 0 Å². The molecule has 0 radical (unpaired) electrons. The van der Waals surface area contributed by atoms with Gasteiger partial charge in [0.2, 0.25) is 0 Å². The highest BCUT2D eigenvalue weighted by molar-refractivity contribution is 5.18. The van der Waals surface area contributed by atoms with Gasteiger partial charge in [-0.3, -0.25) is 0 Å². The number of rotatable bonds is 11. The third-order valence-corrected chi connectivity index (χ3v) is 8.65. The fourth-order valence-corrected chi connectivity index (χ4v) is 6.40. The van der Waals surface area contributed by atoms with Crippen molar-refractivity contribution in [3.8, 4) is 0 Å². The molecule has 4 aliphatic rings. The molecule has 11 atom stereocenters. The van der Waals surface area contributed by atoms with Crippen molar-refractivity contribution in [3.05, 3.63) is 129 Å². The van der Waals surface area contributed by atoms with Gasteiger partial charge in [-0.25, -0.2) is 0 Å². The van der Waals surface area contributed by atoms with Gasteiger partial charge in [-0.05, 0) is 22.2 Å². The molecule has 4 saturated heterocycles. The van der Waals surface area contributed by atoms with E-state index in [0.717, 1.165) is 16.7 Å². The van der Waals surface area contributed by atoms with Gasteiger partial charge >= 0.3 is 0 Å². The second-order valence-corrected chi connectivity index (χ2v) is 11.6. The molecule has 7 rings (SSSR count). The fraction of sp³-hybridized carbons (Fsp3) is 0.455. The molecule has 244 valence electrons. The Morgan fingerprint density at radius 1 is 0.638 bits per heavy atom. The van der Waals surface area contributed by atoms with E-state index in [1.165, 1.54) is 0 Å². The Morgan fingerprint density at radius 2 is 1.23 bits per heavy atom. The van der Waals surface area contributed by atoms with Crippen LogP contribution in [0.25, 0.3) is 20.9 Å². The highest BCUT2D eigenvalue weighted by Gasteiger charge is 2.56. The molecule has 3 aromatic rings. The summed E-state index contributed by atoms with van der Waals surface area (Å²) in [4.78, 5) is 6.19. The summed E-state index contributed by atoms with van der Waals surface area (Å²) in [7, 11) is 0. The molecule has 14 heteroatoms. The summed E-state index contributed by atoms with van der Waals surface area (Å²) in [6.45, 7) is 0.806. The van der Waals surface area contributed by atoms with Gasteiger partial charge in [0.05, 0.1) is 26.4 Å². The average Bonchev–Trinajstić information content (AvgIpc) is 3.56. The zero-order chi connectivity index (χ0) is 32.0. The standard InChI is InChI=1S/C33H34N6O8/c34-38-36-25-29(40-16-20-10-4-1-5-11-20)28(23-19-43-32(25)44-23)47-33-26(37-39-35)30(41-17-21-12-6-2-7-13-21)27-24(45-33)18-42-31(46-27)22-14-8-3-9-15-22/h1-15,23-33H,16-19H2/t23-,24-,25-,26+,27-,28-,29-,30-,31-,32-,33+/m1/s1. The topological polar surface area (TPSA) is 171 Å². The maximum absolute atomic E-state index is 9.75. The summed E-state index contributed by atoms with van der Waals surface area (Å²) in [5, 5.41) is 8.11. The van der Waals surface area contributed by atoms with Crippen LogP contribution in [-0.4, -0.2) is 74.5 Å². The van der Waals surface area contributed by atoms with Crippen molar-refractivity contribution in [3.63, 3.8) is 0 Å². The molecular weight excluding hydrogens is 608 g/mol. The lowest BCUT2D eigenvalue weighted by atomic mass is 9.94. The third-order valence-electron chi connectivity index (χ3n) is 8.65. The van der Waals surface area contributed by atoms with E-state index in [2.05, 4.69) is 20.1 Å². The number of benzene rings is 3. The van der Waals surface area contributed by atoms with E-state index in [0.29, 0.717) is 0 Å². The zero-order valence-corrected chi connectivity index (χ0v) is 25.3. The summed E-state index contributed by atoms with van der Waals surface area (Å²) in [6, 6.07) is 27.0. The minimum Gasteiger partial charge on any atom is -0.370 e. The third kappa shape index (κ3) is 6.98. The predicted molar refractivity (Wildman–Crippen MR) is 164 cm³/mol. The first-order valence-corrected chi connectivity index (χ1v) is 15.5. The van der Waals surface area contributed by atoms with Crippen molar-refractivity contribution in [1.29, 1.82) is 0 Å². The normalized spacial score (nSPS) is 34.4. The molecule has 0 saturated carbocycles. The SMILES string of the molecule is [N-]=[N+]=N[C@@H]1[C@H](O[C@H]2[C@H](OCc3ccccc3)[C@@H](N=[N+]=[N-])[C@@H]3OC[C@H]2O3)O[C@@H]2CO[C@@H](c3ccccc3)O[C@H]2[C@@H]1OCc1ccccc1. The molecule has 3 aromatic carbocycles. The van der Waals surface area contributed by atoms with Crippen LogP contribution in [0, 0.1) is 0 Å². The summed E-state index contributed by atoms with van der Waals surface area (Å²) in [6.07, 6.45) is -6.80.